The highest BCUT2D eigenvalue weighted by molar-refractivity contribution is 9.10. The minimum absolute atomic E-state index is 0.511. The van der Waals surface area contributed by atoms with Gasteiger partial charge in [-0.15, -0.1) is 0 Å². The van der Waals surface area contributed by atoms with Crippen LogP contribution in [-0.4, -0.2) is 13.2 Å². The van der Waals surface area contributed by atoms with E-state index in [0.29, 0.717) is 13.2 Å². The van der Waals surface area contributed by atoms with E-state index in [9.17, 15) is 0 Å². The predicted octanol–water partition coefficient (Wildman–Crippen LogP) is 4.80. The lowest BCUT2D eigenvalue weighted by atomic mass is 10.2. The third-order valence-corrected chi connectivity index (χ3v) is 3.76. The first-order valence-electron chi connectivity index (χ1n) is 5.95. The molecule has 100 valence electrons. The van der Waals surface area contributed by atoms with Crippen LogP contribution in [0.2, 0.25) is 0 Å². The highest BCUT2D eigenvalue weighted by atomic mass is 79.9. The largest absolute Gasteiger partial charge is 0.490 e. The van der Waals surface area contributed by atoms with Crippen molar-refractivity contribution in [3.63, 3.8) is 0 Å². The number of alkyl halides is 1. The van der Waals surface area contributed by atoms with Gasteiger partial charge in [-0.25, -0.2) is 0 Å². The summed E-state index contributed by atoms with van der Waals surface area (Å²) in [7, 11) is 0. The molecule has 0 fully saturated rings. The molecule has 0 unspecified atom stereocenters. The molecule has 0 radical (unpaired) electrons. The van der Waals surface area contributed by atoms with Crippen LogP contribution in [0.5, 0.6) is 11.5 Å². The highest BCUT2D eigenvalue weighted by Gasteiger charge is 2.06. The van der Waals surface area contributed by atoms with Crippen LogP contribution in [0.1, 0.15) is 5.56 Å². The fourth-order valence-electron chi connectivity index (χ4n) is 1.64. The van der Waals surface area contributed by atoms with Gasteiger partial charge >= 0.3 is 0 Å². The molecule has 0 N–H and O–H groups in total. The topological polar surface area (TPSA) is 18.5 Å². The van der Waals surface area contributed by atoms with Gasteiger partial charge < -0.3 is 9.47 Å². The van der Waals surface area contributed by atoms with Gasteiger partial charge in [-0.2, -0.15) is 0 Å². The maximum Gasteiger partial charge on any atom is 0.137 e. The normalized spacial score (nSPS) is 10.2. The van der Waals surface area contributed by atoms with E-state index in [2.05, 4.69) is 31.9 Å². The molecule has 2 aromatic rings. The summed E-state index contributed by atoms with van der Waals surface area (Å²) in [6.45, 7) is 1.03. The molecule has 2 nitrogen and oxygen atoms in total. The van der Waals surface area contributed by atoms with E-state index in [0.717, 1.165) is 26.9 Å². The minimum atomic E-state index is 0.511. The van der Waals surface area contributed by atoms with Gasteiger partial charge in [-0.3, -0.25) is 0 Å². The molecule has 0 aliphatic heterocycles. The summed E-state index contributed by atoms with van der Waals surface area (Å²) in [6.07, 6.45) is 0. The smallest absolute Gasteiger partial charge is 0.137 e. The van der Waals surface area contributed by atoms with E-state index < -0.39 is 0 Å². The highest BCUT2D eigenvalue weighted by Crippen LogP contribution is 2.30. The van der Waals surface area contributed by atoms with Gasteiger partial charge in [-0.05, 0) is 34.1 Å². The van der Waals surface area contributed by atoms with Crippen molar-refractivity contribution < 1.29 is 9.47 Å². The Hall–Kier alpha value is -1.00. The second-order valence-corrected chi connectivity index (χ2v) is 5.29. The van der Waals surface area contributed by atoms with Crippen molar-refractivity contribution in [3.05, 3.63) is 58.6 Å². The summed E-state index contributed by atoms with van der Waals surface area (Å²) in [6, 6.07) is 15.7. The Morgan fingerprint density at radius 3 is 2.32 bits per heavy atom. The minimum Gasteiger partial charge on any atom is -0.490 e. The van der Waals surface area contributed by atoms with Crippen LogP contribution >= 0.6 is 31.9 Å². The molecule has 0 aliphatic carbocycles. The number of hydrogen-bond donors (Lipinski definition) is 0. The first-order valence-corrected chi connectivity index (χ1v) is 7.86. The van der Waals surface area contributed by atoms with E-state index in [1.54, 1.807) is 0 Å². The van der Waals surface area contributed by atoms with E-state index in [-0.39, 0.29) is 0 Å². The van der Waals surface area contributed by atoms with Crippen molar-refractivity contribution in [2.75, 3.05) is 13.2 Å². The summed E-state index contributed by atoms with van der Waals surface area (Å²) in [5, 5.41) is 0.765. The van der Waals surface area contributed by atoms with Gasteiger partial charge in [-0.1, -0.05) is 46.3 Å². The Labute approximate surface area is 130 Å². The second-order valence-electron chi connectivity index (χ2n) is 3.87. The van der Waals surface area contributed by atoms with Crippen molar-refractivity contribution in [2.24, 2.45) is 0 Å². The molecule has 19 heavy (non-hydrogen) atoms. The van der Waals surface area contributed by atoms with Crippen molar-refractivity contribution >= 4 is 31.9 Å². The zero-order valence-corrected chi connectivity index (χ0v) is 13.5. The van der Waals surface area contributed by atoms with Crippen LogP contribution in [0.3, 0.4) is 0 Å². The number of halogens is 2. The van der Waals surface area contributed by atoms with Crippen LogP contribution in [0.4, 0.5) is 0 Å². The maximum absolute atomic E-state index is 5.78. The predicted molar refractivity (Wildman–Crippen MR) is 84.2 cm³/mol. The van der Waals surface area contributed by atoms with E-state index in [1.165, 1.54) is 0 Å². The first-order chi connectivity index (χ1) is 9.31. The zero-order valence-electron chi connectivity index (χ0n) is 10.3. The molecule has 0 saturated carbocycles. The van der Waals surface area contributed by atoms with Gasteiger partial charge in [0.25, 0.3) is 0 Å². The Balaban J connectivity index is 1.86. The van der Waals surface area contributed by atoms with Crippen molar-refractivity contribution in [3.8, 4) is 11.5 Å². The quantitative estimate of drug-likeness (QED) is 0.525. The zero-order chi connectivity index (χ0) is 13.5. The number of benzene rings is 2. The van der Waals surface area contributed by atoms with Crippen molar-refractivity contribution in [2.45, 2.75) is 5.33 Å². The number of ether oxygens (including phenoxy) is 2. The molecule has 0 saturated heterocycles. The molecular formula is C15H14Br2O2. The van der Waals surface area contributed by atoms with Crippen LogP contribution in [0.25, 0.3) is 0 Å². The molecule has 4 heteroatoms. The summed E-state index contributed by atoms with van der Waals surface area (Å²) < 4.78 is 12.3. The summed E-state index contributed by atoms with van der Waals surface area (Å²) in [5.74, 6) is 1.73. The van der Waals surface area contributed by atoms with E-state index in [4.69, 9.17) is 9.47 Å². The fraction of sp³-hybridized carbons (Fsp3) is 0.200. The molecule has 0 spiro atoms. The van der Waals surface area contributed by atoms with Gasteiger partial charge in [0.2, 0.25) is 0 Å². The molecule has 0 bridgehead atoms. The van der Waals surface area contributed by atoms with E-state index >= 15 is 0 Å². The SMILES string of the molecule is BrCc1cccc(Br)c1OCCOc1ccccc1. The van der Waals surface area contributed by atoms with Gasteiger partial charge in [0.1, 0.15) is 24.7 Å². The summed E-state index contributed by atoms with van der Waals surface area (Å²) in [5.41, 5.74) is 1.12. The molecule has 2 aromatic carbocycles. The Bertz CT molecular complexity index is 515. The van der Waals surface area contributed by atoms with E-state index in [1.807, 2.05) is 48.5 Å². The first kappa shape index (κ1) is 14.4. The maximum atomic E-state index is 5.78. The third kappa shape index (κ3) is 4.25. The summed E-state index contributed by atoms with van der Waals surface area (Å²) >= 11 is 6.95. The Morgan fingerprint density at radius 2 is 1.58 bits per heavy atom. The van der Waals surface area contributed by atoms with Gasteiger partial charge in [0, 0.05) is 10.9 Å². The lowest BCUT2D eigenvalue weighted by molar-refractivity contribution is 0.215. The number of rotatable bonds is 6. The second kappa shape index (κ2) is 7.56. The average Bonchev–Trinajstić information content (AvgIpc) is 2.46. The molecule has 0 aliphatic rings. The monoisotopic (exact) mass is 384 g/mol. The van der Waals surface area contributed by atoms with Crippen LogP contribution in [-0.2, 0) is 5.33 Å². The van der Waals surface area contributed by atoms with Crippen molar-refractivity contribution in [1.82, 2.24) is 0 Å². The van der Waals surface area contributed by atoms with Gasteiger partial charge in [0.05, 0.1) is 4.47 Å². The molecule has 0 aromatic heterocycles. The number of para-hydroxylation sites is 2. The Kier molecular flexibility index (Phi) is 5.73. The molecule has 0 atom stereocenters. The van der Waals surface area contributed by atoms with Crippen LogP contribution in [0, 0.1) is 0 Å². The average molecular weight is 386 g/mol. The standard InChI is InChI=1S/C15H14Br2O2/c16-11-12-5-4-8-14(17)15(12)19-10-9-18-13-6-2-1-3-7-13/h1-8H,9-11H2. The van der Waals surface area contributed by atoms with Crippen LogP contribution < -0.4 is 9.47 Å². The Morgan fingerprint density at radius 1 is 0.842 bits per heavy atom. The molecule has 0 amide bonds. The lowest BCUT2D eigenvalue weighted by Crippen LogP contribution is -2.10. The molecular weight excluding hydrogens is 372 g/mol. The fourth-order valence-corrected chi connectivity index (χ4v) is 2.60. The molecule has 0 heterocycles. The lowest BCUT2D eigenvalue weighted by Gasteiger charge is -2.12. The van der Waals surface area contributed by atoms with Gasteiger partial charge in [0.15, 0.2) is 0 Å². The molecule has 2 rings (SSSR count). The third-order valence-electron chi connectivity index (χ3n) is 2.53. The van der Waals surface area contributed by atoms with Crippen molar-refractivity contribution in [1.29, 1.82) is 0 Å². The summed E-state index contributed by atoms with van der Waals surface area (Å²) in [4.78, 5) is 0. The van der Waals surface area contributed by atoms with Crippen LogP contribution in [0.15, 0.2) is 53.0 Å². The number of hydrogen-bond acceptors (Lipinski definition) is 2.